The molecule has 1 aromatic carbocycles. The van der Waals surface area contributed by atoms with Crippen molar-refractivity contribution in [2.24, 2.45) is 5.92 Å². The smallest absolute Gasteiger partial charge is 0.349 e. The minimum Gasteiger partial charge on any atom is -0.493 e. The van der Waals surface area contributed by atoms with Crippen LogP contribution in [0.5, 0.6) is 5.75 Å². The number of nitrogens with one attached hydrogen (secondary N) is 1. The number of rotatable bonds is 5. The summed E-state index contributed by atoms with van der Waals surface area (Å²) in [6.45, 7) is 2.41. The molecule has 1 fully saturated rings. The van der Waals surface area contributed by atoms with Gasteiger partial charge in [0.1, 0.15) is 5.56 Å². The van der Waals surface area contributed by atoms with Gasteiger partial charge >= 0.3 is 5.63 Å². The van der Waals surface area contributed by atoms with Gasteiger partial charge < -0.3 is 19.4 Å². The standard InChI is InChI=1S/C22H23N3O4/c1-28-19-4-2-3-16-13-18(22(27)29-20(16)19)21(26)24-14-15-7-11-25(12-8-15)17-5-9-23-10-6-17/h2-6,9-10,13,15H,7-8,11-12,14H2,1H3,(H,24,26). The number of carbonyl (C=O) groups excluding carboxylic acids is 1. The van der Waals surface area contributed by atoms with Gasteiger partial charge in [0.25, 0.3) is 5.91 Å². The average molecular weight is 393 g/mol. The number of anilines is 1. The van der Waals surface area contributed by atoms with Crippen molar-refractivity contribution in [2.45, 2.75) is 12.8 Å². The summed E-state index contributed by atoms with van der Waals surface area (Å²) in [5, 5.41) is 3.55. The second-order valence-electron chi connectivity index (χ2n) is 7.17. The van der Waals surface area contributed by atoms with Crippen LogP contribution in [0.15, 0.2) is 58.0 Å². The summed E-state index contributed by atoms with van der Waals surface area (Å²) < 4.78 is 10.5. The molecule has 0 saturated carbocycles. The lowest BCUT2D eigenvalue weighted by Crippen LogP contribution is -2.39. The number of amides is 1. The topological polar surface area (TPSA) is 84.7 Å². The van der Waals surface area contributed by atoms with Gasteiger partial charge in [0, 0.05) is 43.1 Å². The van der Waals surface area contributed by atoms with Gasteiger partial charge in [0.15, 0.2) is 11.3 Å². The van der Waals surface area contributed by atoms with Crippen LogP contribution in [0.25, 0.3) is 11.0 Å². The zero-order valence-electron chi connectivity index (χ0n) is 16.3. The Labute approximate surface area is 168 Å². The molecule has 0 bridgehead atoms. The highest BCUT2D eigenvalue weighted by atomic mass is 16.5. The van der Waals surface area contributed by atoms with Gasteiger partial charge in [-0.3, -0.25) is 9.78 Å². The molecule has 2 aromatic heterocycles. The quantitative estimate of drug-likeness (QED) is 0.671. The Kier molecular flexibility index (Phi) is 5.46. The Morgan fingerprint density at radius 1 is 1.24 bits per heavy atom. The van der Waals surface area contributed by atoms with Crippen LogP contribution in [0.3, 0.4) is 0 Å². The lowest BCUT2D eigenvalue weighted by atomic mass is 9.96. The highest BCUT2D eigenvalue weighted by Crippen LogP contribution is 2.25. The zero-order valence-corrected chi connectivity index (χ0v) is 16.3. The van der Waals surface area contributed by atoms with Gasteiger partial charge in [-0.2, -0.15) is 0 Å². The van der Waals surface area contributed by atoms with Crippen molar-refractivity contribution in [3.05, 3.63) is 64.8 Å². The number of pyridine rings is 1. The van der Waals surface area contributed by atoms with E-state index >= 15 is 0 Å². The monoisotopic (exact) mass is 393 g/mol. The molecule has 0 spiro atoms. The van der Waals surface area contributed by atoms with Gasteiger partial charge in [-0.1, -0.05) is 12.1 Å². The summed E-state index contributed by atoms with van der Waals surface area (Å²) in [5.41, 5.74) is 0.874. The largest absolute Gasteiger partial charge is 0.493 e. The van der Waals surface area contributed by atoms with Gasteiger partial charge in [0.2, 0.25) is 0 Å². The van der Waals surface area contributed by atoms with Crippen molar-refractivity contribution in [2.75, 3.05) is 31.6 Å². The van der Waals surface area contributed by atoms with E-state index in [1.165, 1.54) is 12.8 Å². The average Bonchev–Trinajstić information content (AvgIpc) is 2.77. The number of benzene rings is 1. The van der Waals surface area contributed by atoms with Gasteiger partial charge in [-0.15, -0.1) is 0 Å². The van der Waals surface area contributed by atoms with Crippen LogP contribution in [0.1, 0.15) is 23.2 Å². The highest BCUT2D eigenvalue weighted by molar-refractivity contribution is 5.97. The van der Waals surface area contributed by atoms with Gasteiger partial charge in [-0.05, 0) is 43.0 Å². The molecule has 1 saturated heterocycles. The maximum absolute atomic E-state index is 12.6. The molecule has 1 amide bonds. The van der Waals surface area contributed by atoms with Crippen molar-refractivity contribution < 1.29 is 13.9 Å². The zero-order chi connectivity index (χ0) is 20.2. The van der Waals surface area contributed by atoms with Crippen LogP contribution >= 0.6 is 0 Å². The third kappa shape index (κ3) is 4.08. The number of para-hydroxylation sites is 1. The Hall–Kier alpha value is -3.35. The molecule has 3 aromatic rings. The van der Waals surface area contributed by atoms with Crippen LogP contribution < -0.4 is 20.6 Å². The molecule has 29 heavy (non-hydrogen) atoms. The first kappa shape index (κ1) is 19.0. The Balaban J connectivity index is 1.38. The number of carbonyl (C=O) groups is 1. The van der Waals surface area contributed by atoms with Crippen LogP contribution in [-0.4, -0.2) is 37.6 Å². The first-order valence-corrected chi connectivity index (χ1v) is 9.70. The summed E-state index contributed by atoms with van der Waals surface area (Å²) in [6, 6.07) is 10.9. The Morgan fingerprint density at radius 2 is 2.00 bits per heavy atom. The second-order valence-corrected chi connectivity index (χ2v) is 7.17. The molecule has 1 aliphatic rings. The molecule has 1 N–H and O–H groups in total. The minimum absolute atomic E-state index is 0.0139. The fourth-order valence-corrected chi connectivity index (χ4v) is 3.72. The van der Waals surface area contributed by atoms with Crippen molar-refractivity contribution in [3.8, 4) is 5.75 Å². The van der Waals surface area contributed by atoms with Crippen LogP contribution in [0, 0.1) is 5.92 Å². The van der Waals surface area contributed by atoms with Crippen molar-refractivity contribution in [1.29, 1.82) is 0 Å². The molecule has 0 unspecified atom stereocenters. The summed E-state index contributed by atoms with van der Waals surface area (Å²) in [4.78, 5) is 31.3. The molecule has 3 heterocycles. The van der Waals surface area contributed by atoms with Crippen LogP contribution in [0.4, 0.5) is 5.69 Å². The summed E-state index contributed by atoms with van der Waals surface area (Å²) >= 11 is 0. The van der Waals surface area contributed by atoms with E-state index in [0.717, 1.165) is 25.9 Å². The molecule has 7 nitrogen and oxygen atoms in total. The molecule has 0 atom stereocenters. The van der Waals surface area contributed by atoms with E-state index in [9.17, 15) is 9.59 Å². The van der Waals surface area contributed by atoms with Gasteiger partial charge in [0.05, 0.1) is 7.11 Å². The predicted octanol–water partition coefficient (Wildman–Crippen LogP) is 2.84. The lowest BCUT2D eigenvalue weighted by molar-refractivity contribution is 0.0941. The Morgan fingerprint density at radius 3 is 2.72 bits per heavy atom. The molecule has 4 rings (SSSR count). The van der Waals surface area contributed by atoms with E-state index in [0.29, 0.717) is 29.2 Å². The van der Waals surface area contributed by atoms with E-state index in [1.807, 2.05) is 12.1 Å². The van der Waals surface area contributed by atoms with Crippen LogP contribution in [0.2, 0.25) is 0 Å². The van der Waals surface area contributed by atoms with E-state index in [2.05, 4.69) is 15.2 Å². The molecule has 0 aliphatic carbocycles. The summed E-state index contributed by atoms with van der Waals surface area (Å²) in [7, 11) is 1.51. The normalized spacial score (nSPS) is 14.7. The SMILES string of the molecule is COc1cccc2cc(C(=O)NCC3CCN(c4ccncc4)CC3)c(=O)oc12. The lowest BCUT2D eigenvalue weighted by Gasteiger charge is -2.33. The summed E-state index contributed by atoms with van der Waals surface area (Å²) in [6.07, 6.45) is 5.55. The molecule has 150 valence electrons. The highest BCUT2D eigenvalue weighted by Gasteiger charge is 2.21. The number of hydrogen-bond acceptors (Lipinski definition) is 6. The van der Waals surface area contributed by atoms with Crippen molar-refractivity contribution in [3.63, 3.8) is 0 Å². The number of methoxy groups -OCH3 is 1. The van der Waals surface area contributed by atoms with E-state index in [1.54, 1.807) is 36.7 Å². The van der Waals surface area contributed by atoms with E-state index in [-0.39, 0.29) is 5.56 Å². The minimum atomic E-state index is -0.660. The van der Waals surface area contributed by atoms with Gasteiger partial charge in [-0.25, -0.2) is 4.79 Å². The number of fused-ring (bicyclic) bond motifs is 1. The van der Waals surface area contributed by atoms with Crippen LogP contribution in [-0.2, 0) is 0 Å². The Bertz CT molecular complexity index is 1060. The number of aromatic nitrogens is 1. The maximum Gasteiger partial charge on any atom is 0.349 e. The van der Waals surface area contributed by atoms with E-state index in [4.69, 9.17) is 9.15 Å². The fraction of sp³-hybridized carbons (Fsp3) is 0.318. The first-order valence-electron chi connectivity index (χ1n) is 9.70. The number of ether oxygens (including phenoxy) is 1. The molecular weight excluding hydrogens is 370 g/mol. The fourth-order valence-electron chi connectivity index (χ4n) is 3.72. The third-order valence-electron chi connectivity index (χ3n) is 5.38. The molecule has 7 heteroatoms. The molecular formula is C22H23N3O4. The maximum atomic E-state index is 12.6. The predicted molar refractivity (Wildman–Crippen MR) is 111 cm³/mol. The number of hydrogen-bond donors (Lipinski definition) is 1. The van der Waals surface area contributed by atoms with Crippen molar-refractivity contribution in [1.82, 2.24) is 10.3 Å². The van der Waals surface area contributed by atoms with E-state index < -0.39 is 11.5 Å². The van der Waals surface area contributed by atoms with Crippen molar-refractivity contribution >= 4 is 22.6 Å². The molecule has 0 radical (unpaired) electrons. The summed E-state index contributed by atoms with van der Waals surface area (Å²) in [5.74, 6) is 0.442. The first-order chi connectivity index (χ1) is 14.2. The number of nitrogens with zero attached hydrogens (tertiary/aromatic N) is 2. The number of piperidine rings is 1. The molecule has 1 aliphatic heterocycles. The second kappa shape index (κ2) is 8.34. The third-order valence-corrected chi connectivity index (χ3v) is 5.38.